The maximum atomic E-state index is 11.3. The second kappa shape index (κ2) is 11.7. The van der Waals surface area contributed by atoms with Crippen molar-refractivity contribution in [1.29, 1.82) is 0 Å². The van der Waals surface area contributed by atoms with Crippen LogP contribution in [0.15, 0.2) is 4.99 Å². The second-order valence-electron chi connectivity index (χ2n) is 3.53. The van der Waals surface area contributed by atoms with E-state index in [0.29, 0.717) is 19.7 Å². The Balaban J connectivity index is 4.32. The SMILES string of the molecule is CCOC(=O)N/C(=N/C(O)OCC)NCCCCN. The number of ether oxygens (including phenoxy) is 2. The van der Waals surface area contributed by atoms with Crippen molar-refractivity contribution in [2.75, 3.05) is 26.3 Å². The number of aliphatic hydroxyl groups excluding tert-OH is 1. The Kier molecular flexibility index (Phi) is 10.8. The molecule has 8 heteroatoms. The van der Waals surface area contributed by atoms with Gasteiger partial charge in [0.05, 0.1) is 6.61 Å². The van der Waals surface area contributed by atoms with Gasteiger partial charge >= 0.3 is 6.09 Å². The Morgan fingerprint density at radius 3 is 2.68 bits per heavy atom. The van der Waals surface area contributed by atoms with Gasteiger partial charge in [-0.2, -0.15) is 4.99 Å². The highest BCUT2D eigenvalue weighted by Gasteiger charge is 2.08. The highest BCUT2D eigenvalue weighted by molar-refractivity contribution is 5.93. The predicted molar refractivity (Wildman–Crippen MR) is 71.5 cm³/mol. The number of carbonyl (C=O) groups excluding carboxylic acids is 1. The average molecular weight is 276 g/mol. The first-order valence-corrected chi connectivity index (χ1v) is 6.39. The van der Waals surface area contributed by atoms with Crippen LogP contribution in [0.3, 0.4) is 0 Å². The first-order chi connectivity index (χ1) is 9.13. The number of nitrogens with two attached hydrogens (primary N) is 1. The lowest BCUT2D eigenvalue weighted by Crippen LogP contribution is -2.42. The fraction of sp³-hybridized carbons (Fsp3) is 0.818. The number of amides is 1. The molecule has 0 rings (SSSR count). The molecule has 19 heavy (non-hydrogen) atoms. The molecule has 0 aliphatic heterocycles. The van der Waals surface area contributed by atoms with Crippen LogP contribution >= 0.6 is 0 Å². The summed E-state index contributed by atoms with van der Waals surface area (Å²) in [5.74, 6) is 0.108. The van der Waals surface area contributed by atoms with E-state index in [-0.39, 0.29) is 12.6 Å². The molecule has 0 aromatic heterocycles. The summed E-state index contributed by atoms with van der Waals surface area (Å²) in [6.07, 6.45) is -0.293. The Hall–Kier alpha value is -1.38. The van der Waals surface area contributed by atoms with Crippen molar-refractivity contribution >= 4 is 12.1 Å². The van der Waals surface area contributed by atoms with Crippen molar-refractivity contribution in [3.8, 4) is 0 Å². The van der Waals surface area contributed by atoms with Crippen LogP contribution in [-0.4, -0.2) is 49.9 Å². The van der Waals surface area contributed by atoms with Gasteiger partial charge in [-0.15, -0.1) is 0 Å². The Labute approximate surface area is 113 Å². The highest BCUT2D eigenvalue weighted by Crippen LogP contribution is 1.90. The number of carbonyl (C=O) groups is 1. The van der Waals surface area contributed by atoms with Crippen LogP contribution < -0.4 is 16.4 Å². The number of alkyl carbamates (subject to hydrolysis) is 1. The lowest BCUT2D eigenvalue weighted by Gasteiger charge is -2.13. The molecule has 1 atom stereocenters. The molecule has 0 aliphatic carbocycles. The van der Waals surface area contributed by atoms with Gasteiger partial charge in [0.25, 0.3) is 6.41 Å². The summed E-state index contributed by atoms with van der Waals surface area (Å²) < 4.78 is 9.59. The molecular weight excluding hydrogens is 252 g/mol. The summed E-state index contributed by atoms with van der Waals surface area (Å²) in [5, 5.41) is 14.7. The molecule has 0 saturated carbocycles. The van der Waals surface area contributed by atoms with Gasteiger partial charge in [-0.05, 0) is 33.2 Å². The molecule has 1 unspecified atom stereocenters. The van der Waals surface area contributed by atoms with Crippen molar-refractivity contribution in [3.63, 3.8) is 0 Å². The van der Waals surface area contributed by atoms with E-state index in [1.807, 2.05) is 0 Å². The number of hydrogen-bond donors (Lipinski definition) is 4. The molecule has 0 saturated heterocycles. The van der Waals surface area contributed by atoms with Gasteiger partial charge in [-0.3, -0.25) is 5.32 Å². The van der Waals surface area contributed by atoms with Crippen molar-refractivity contribution in [2.24, 2.45) is 10.7 Å². The van der Waals surface area contributed by atoms with Crippen molar-refractivity contribution in [2.45, 2.75) is 33.1 Å². The molecule has 0 spiro atoms. The van der Waals surface area contributed by atoms with Crippen LogP contribution in [-0.2, 0) is 9.47 Å². The van der Waals surface area contributed by atoms with Gasteiger partial charge in [0, 0.05) is 13.2 Å². The smallest absolute Gasteiger partial charge is 0.413 e. The number of aliphatic imine (C=N–C) groups is 1. The Bertz CT molecular complexity index is 273. The quantitative estimate of drug-likeness (QED) is 0.210. The summed E-state index contributed by atoms with van der Waals surface area (Å²) in [4.78, 5) is 15.1. The zero-order valence-corrected chi connectivity index (χ0v) is 11.5. The van der Waals surface area contributed by atoms with E-state index >= 15 is 0 Å². The van der Waals surface area contributed by atoms with Gasteiger partial charge in [0.15, 0.2) is 0 Å². The number of rotatable bonds is 8. The van der Waals surface area contributed by atoms with E-state index in [2.05, 4.69) is 15.6 Å². The minimum atomic E-state index is -1.33. The monoisotopic (exact) mass is 276 g/mol. The third-order valence-electron chi connectivity index (χ3n) is 1.97. The first-order valence-electron chi connectivity index (χ1n) is 6.39. The van der Waals surface area contributed by atoms with E-state index in [4.69, 9.17) is 15.2 Å². The zero-order chi connectivity index (χ0) is 14.5. The normalized spacial score (nSPS) is 12.9. The van der Waals surface area contributed by atoms with Crippen LogP contribution in [0.4, 0.5) is 4.79 Å². The molecule has 8 nitrogen and oxygen atoms in total. The number of unbranched alkanes of at least 4 members (excludes halogenated alkanes) is 1. The lowest BCUT2D eigenvalue weighted by atomic mass is 10.3. The fourth-order valence-electron chi connectivity index (χ4n) is 1.16. The van der Waals surface area contributed by atoms with E-state index in [0.717, 1.165) is 12.8 Å². The second-order valence-corrected chi connectivity index (χ2v) is 3.53. The molecule has 0 heterocycles. The minimum Gasteiger partial charge on any atom is -0.450 e. The van der Waals surface area contributed by atoms with Crippen LogP contribution in [0, 0.1) is 0 Å². The molecule has 0 aromatic carbocycles. The Morgan fingerprint density at radius 1 is 1.37 bits per heavy atom. The zero-order valence-electron chi connectivity index (χ0n) is 11.5. The molecule has 0 aromatic rings. The molecule has 112 valence electrons. The van der Waals surface area contributed by atoms with E-state index in [1.54, 1.807) is 13.8 Å². The third-order valence-corrected chi connectivity index (χ3v) is 1.97. The first kappa shape index (κ1) is 17.6. The Morgan fingerprint density at radius 2 is 2.11 bits per heavy atom. The molecule has 0 aliphatic rings. The number of guanidine groups is 1. The van der Waals surface area contributed by atoms with Crippen LogP contribution in [0.2, 0.25) is 0 Å². The van der Waals surface area contributed by atoms with Crippen LogP contribution in [0.25, 0.3) is 0 Å². The molecule has 1 amide bonds. The molecule has 0 fully saturated rings. The molecular formula is C11H24N4O4. The third kappa shape index (κ3) is 10.2. The number of nitrogens with zero attached hydrogens (tertiary/aromatic N) is 1. The van der Waals surface area contributed by atoms with Crippen LogP contribution in [0.1, 0.15) is 26.7 Å². The summed E-state index contributed by atoms with van der Waals surface area (Å²) in [6.45, 7) is 5.15. The number of aliphatic hydroxyl groups is 1. The van der Waals surface area contributed by atoms with Crippen molar-refractivity contribution in [1.82, 2.24) is 10.6 Å². The standard InChI is InChI=1S/C11H24N4O4/c1-3-18-10(16)14-9(13-8-6-5-7-12)15-11(17)19-4-2/h10,16H,3-8,12H2,1-2H3,(H2,13,14,15,17). The van der Waals surface area contributed by atoms with E-state index in [9.17, 15) is 9.90 Å². The maximum absolute atomic E-state index is 11.3. The fourth-order valence-corrected chi connectivity index (χ4v) is 1.16. The average Bonchev–Trinajstić information content (AvgIpc) is 2.35. The van der Waals surface area contributed by atoms with Crippen molar-refractivity contribution in [3.05, 3.63) is 0 Å². The summed E-state index contributed by atoms with van der Waals surface area (Å²) >= 11 is 0. The minimum absolute atomic E-state index is 0.108. The number of hydrogen-bond acceptors (Lipinski definition) is 6. The highest BCUT2D eigenvalue weighted by atomic mass is 16.6. The van der Waals surface area contributed by atoms with Gasteiger partial charge in [-0.1, -0.05) is 0 Å². The van der Waals surface area contributed by atoms with Gasteiger partial charge in [0.2, 0.25) is 5.96 Å². The number of nitrogens with one attached hydrogen (secondary N) is 2. The van der Waals surface area contributed by atoms with Gasteiger partial charge in [-0.25, -0.2) is 4.79 Å². The summed E-state index contributed by atoms with van der Waals surface area (Å²) in [5.41, 5.74) is 5.38. The van der Waals surface area contributed by atoms with Gasteiger partial charge in [0.1, 0.15) is 0 Å². The predicted octanol–water partition coefficient (Wildman–Crippen LogP) is -0.271. The molecule has 0 radical (unpaired) electrons. The van der Waals surface area contributed by atoms with E-state index < -0.39 is 12.5 Å². The largest absolute Gasteiger partial charge is 0.450 e. The van der Waals surface area contributed by atoms with Crippen LogP contribution in [0.5, 0.6) is 0 Å². The van der Waals surface area contributed by atoms with E-state index in [1.165, 1.54) is 0 Å². The lowest BCUT2D eigenvalue weighted by molar-refractivity contribution is -0.0873. The summed E-state index contributed by atoms with van der Waals surface area (Å²) in [6, 6.07) is 0. The summed E-state index contributed by atoms with van der Waals surface area (Å²) in [7, 11) is 0. The van der Waals surface area contributed by atoms with Gasteiger partial charge < -0.3 is 25.6 Å². The molecule has 0 bridgehead atoms. The molecule has 5 N–H and O–H groups in total. The van der Waals surface area contributed by atoms with Crippen molar-refractivity contribution < 1.29 is 19.4 Å². The maximum Gasteiger partial charge on any atom is 0.413 e. The topological polar surface area (TPSA) is 118 Å².